The zero-order chi connectivity index (χ0) is 12.6. The lowest BCUT2D eigenvalue weighted by Gasteiger charge is -2.23. The van der Waals surface area contributed by atoms with Gasteiger partial charge < -0.3 is 18.0 Å². The summed E-state index contributed by atoms with van der Waals surface area (Å²) in [4.78, 5) is 11.0. The molecule has 0 amide bonds. The first-order valence-electron chi connectivity index (χ1n) is 4.85. The van der Waals surface area contributed by atoms with Crippen molar-refractivity contribution in [2.24, 2.45) is 0 Å². The molecule has 1 radical (unpaired) electrons. The smallest absolute Gasteiger partial charge is 0.455 e. The number of carbonyl (C=O) groups excluding carboxylic acids is 1. The Morgan fingerprint density at radius 1 is 1.25 bits per heavy atom. The first-order chi connectivity index (χ1) is 7.51. The van der Waals surface area contributed by atoms with Crippen molar-refractivity contribution in [3.63, 3.8) is 0 Å². The van der Waals surface area contributed by atoms with Gasteiger partial charge >= 0.3 is 14.8 Å². The summed E-state index contributed by atoms with van der Waals surface area (Å²) in [6.45, 7) is 6.48. The topological polar surface area (TPSA) is 54.0 Å². The molecule has 0 saturated carbocycles. The lowest BCUT2D eigenvalue weighted by Crippen LogP contribution is -2.42. The zero-order valence-electron chi connectivity index (χ0n) is 10.2. The SMILES string of the molecule is C=C(C)C(=O)O[CH]CC[Si](OC)(OC)OC. The van der Waals surface area contributed by atoms with Crippen LogP contribution in [0.2, 0.25) is 6.04 Å². The van der Waals surface area contributed by atoms with Crippen molar-refractivity contribution in [1.29, 1.82) is 0 Å². The summed E-state index contributed by atoms with van der Waals surface area (Å²) < 4.78 is 20.4. The summed E-state index contributed by atoms with van der Waals surface area (Å²) >= 11 is 0. The van der Waals surface area contributed by atoms with E-state index in [1.807, 2.05) is 0 Å². The predicted molar refractivity (Wildman–Crippen MR) is 61.4 cm³/mol. The molecule has 6 heteroatoms. The second kappa shape index (κ2) is 7.56. The summed E-state index contributed by atoms with van der Waals surface area (Å²) in [6, 6.07) is 0.556. The first-order valence-corrected chi connectivity index (χ1v) is 6.78. The molecule has 93 valence electrons. The Labute approximate surface area is 97.7 Å². The number of hydrogen-bond acceptors (Lipinski definition) is 5. The Morgan fingerprint density at radius 2 is 1.75 bits per heavy atom. The quantitative estimate of drug-likeness (QED) is 0.282. The molecule has 0 spiro atoms. The third-order valence-corrected chi connectivity index (χ3v) is 4.81. The van der Waals surface area contributed by atoms with Crippen LogP contribution in [0.5, 0.6) is 0 Å². The van der Waals surface area contributed by atoms with Crippen molar-refractivity contribution >= 4 is 14.8 Å². The minimum absolute atomic E-state index is 0.366. The molecule has 0 bridgehead atoms. The Balaban J connectivity index is 3.88. The van der Waals surface area contributed by atoms with Crippen molar-refractivity contribution in [2.75, 3.05) is 21.3 Å². The van der Waals surface area contributed by atoms with Gasteiger partial charge in [0.05, 0.1) is 0 Å². The fraction of sp³-hybridized carbons (Fsp3) is 0.600. The van der Waals surface area contributed by atoms with Crippen LogP contribution in [0.1, 0.15) is 13.3 Å². The van der Waals surface area contributed by atoms with Gasteiger partial charge in [-0.25, -0.2) is 4.79 Å². The van der Waals surface area contributed by atoms with E-state index in [9.17, 15) is 4.79 Å². The van der Waals surface area contributed by atoms with E-state index < -0.39 is 14.8 Å². The van der Waals surface area contributed by atoms with Crippen LogP contribution in [0.25, 0.3) is 0 Å². The standard InChI is InChI=1S/C10H19O5Si/c1-9(2)10(11)15-7-6-8-16(12-3,13-4)14-5/h7H,1,6,8H2,2-5H3. The van der Waals surface area contributed by atoms with Gasteiger partial charge in [0.2, 0.25) is 0 Å². The Bertz CT molecular complexity index is 229. The van der Waals surface area contributed by atoms with Gasteiger partial charge in [0.25, 0.3) is 0 Å². The van der Waals surface area contributed by atoms with Crippen LogP contribution in [0.15, 0.2) is 12.2 Å². The van der Waals surface area contributed by atoms with Crippen molar-refractivity contribution in [1.82, 2.24) is 0 Å². The lowest BCUT2D eigenvalue weighted by atomic mass is 10.4. The fourth-order valence-corrected chi connectivity index (χ4v) is 2.61. The molecule has 0 atom stereocenters. The second-order valence-corrected chi connectivity index (χ2v) is 6.28. The van der Waals surface area contributed by atoms with E-state index >= 15 is 0 Å². The third kappa shape index (κ3) is 4.89. The van der Waals surface area contributed by atoms with Crippen LogP contribution in [0.3, 0.4) is 0 Å². The Morgan fingerprint density at radius 3 is 2.12 bits per heavy atom. The van der Waals surface area contributed by atoms with Crippen LogP contribution in [0, 0.1) is 6.61 Å². The van der Waals surface area contributed by atoms with E-state index in [1.165, 1.54) is 6.61 Å². The average molecular weight is 247 g/mol. The van der Waals surface area contributed by atoms with Crippen LogP contribution >= 0.6 is 0 Å². The summed E-state index contributed by atoms with van der Waals surface area (Å²) in [6.07, 6.45) is 0.515. The van der Waals surface area contributed by atoms with Gasteiger partial charge in [-0.05, 0) is 13.3 Å². The van der Waals surface area contributed by atoms with E-state index in [4.69, 9.17) is 18.0 Å². The van der Waals surface area contributed by atoms with Gasteiger partial charge in [-0.1, -0.05) is 6.58 Å². The summed E-state index contributed by atoms with van der Waals surface area (Å²) in [5.74, 6) is -0.431. The first kappa shape index (κ1) is 15.3. The van der Waals surface area contributed by atoms with Crippen molar-refractivity contribution in [3.05, 3.63) is 18.8 Å². The summed E-state index contributed by atoms with van der Waals surface area (Å²) in [7, 11) is 2.06. The molecule has 0 aromatic carbocycles. The number of hydrogen-bond donors (Lipinski definition) is 0. The molecule has 0 aliphatic heterocycles. The molecule has 5 nitrogen and oxygen atoms in total. The van der Waals surface area contributed by atoms with Gasteiger partial charge in [-0.15, -0.1) is 0 Å². The molecule has 0 heterocycles. The van der Waals surface area contributed by atoms with Gasteiger partial charge in [-0.3, -0.25) is 0 Å². The van der Waals surface area contributed by atoms with Crippen molar-refractivity contribution in [3.8, 4) is 0 Å². The maximum atomic E-state index is 11.0. The monoisotopic (exact) mass is 247 g/mol. The molecule has 0 saturated heterocycles. The van der Waals surface area contributed by atoms with E-state index in [2.05, 4.69) is 6.58 Å². The Hall–Kier alpha value is -0.693. The highest BCUT2D eigenvalue weighted by atomic mass is 28.4. The average Bonchev–Trinajstić information content (AvgIpc) is 2.30. The fourth-order valence-electron chi connectivity index (χ4n) is 1.03. The molecule has 0 unspecified atom stereocenters. The molecule has 0 aromatic heterocycles. The van der Waals surface area contributed by atoms with Crippen molar-refractivity contribution < 1.29 is 22.8 Å². The molecule has 0 fully saturated rings. The van der Waals surface area contributed by atoms with Gasteiger partial charge in [0, 0.05) is 32.9 Å². The van der Waals surface area contributed by atoms with Crippen molar-refractivity contribution in [2.45, 2.75) is 19.4 Å². The van der Waals surface area contributed by atoms with Gasteiger partial charge in [0.15, 0.2) is 0 Å². The van der Waals surface area contributed by atoms with Crippen LogP contribution in [0.4, 0.5) is 0 Å². The predicted octanol–water partition coefficient (Wildman–Crippen LogP) is 1.54. The largest absolute Gasteiger partial charge is 0.500 e. The van der Waals surface area contributed by atoms with E-state index in [0.717, 1.165) is 0 Å². The summed E-state index contributed by atoms with van der Waals surface area (Å²) in [5, 5.41) is 0. The number of rotatable bonds is 8. The Kier molecular flexibility index (Phi) is 7.23. The van der Waals surface area contributed by atoms with E-state index in [0.29, 0.717) is 18.0 Å². The minimum Gasteiger partial charge on any atom is -0.455 e. The molecule has 0 aliphatic carbocycles. The number of esters is 1. The number of carbonyl (C=O) groups is 1. The summed E-state index contributed by atoms with van der Waals surface area (Å²) in [5.41, 5.74) is 0.366. The third-order valence-electron chi connectivity index (χ3n) is 2.04. The number of ether oxygens (including phenoxy) is 1. The van der Waals surface area contributed by atoms with Crippen LogP contribution < -0.4 is 0 Å². The van der Waals surface area contributed by atoms with Crippen LogP contribution in [-0.2, 0) is 22.8 Å². The molecule has 0 aromatic rings. The lowest BCUT2D eigenvalue weighted by molar-refractivity contribution is -0.135. The van der Waals surface area contributed by atoms with E-state index in [-0.39, 0.29) is 0 Å². The van der Waals surface area contributed by atoms with Crippen LogP contribution in [-0.4, -0.2) is 36.1 Å². The molecule has 0 rings (SSSR count). The maximum Gasteiger partial charge on any atom is 0.500 e. The normalized spacial score (nSPS) is 11.2. The molecule has 0 aliphatic rings. The molecular formula is C10H19O5Si. The van der Waals surface area contributed by atoms with E-state index in [1.54, 1.807) is 28.3 Å². The zero-order valence-corrected chi connectivity index (χ0v) is 11.2. The maximum absolute atomic E-state index is 11.0. The molecule has 0 N–H and O–H groups in total. The second-order valence-electron chi connectivity index (χ2n) is 3.19. The highest BCUT2D eigenvalue weighted by molar-refractivity contribution is 6.60. The van der Waals surface area contributed by atoms with Gasteiger partial charge in [-0.2, -0.15) is 0 Å². The molecule has 16 heavy (non-hydrogen) atoms. The highest BCUT2D eigenvalue weighted by Gasteiger charge is 2.37. The molecular weight excluding hydrogens is 228 g/mol. The van der Waals surface area contributed by atoms with Gasteiger partial charge in [0.1, 0.15) is 6.61 Å². The minimum atomic E-state index is -2.56. The highest BCUT2D eigenvalue weighted by Crippen LogP contribution is 2.16.